The van der Waals surface area contributed by atoms with E-state index in [1.165, 1.54) is 17.5 Å². The molecule has 0 bridgehead atoms. The summed E-state index contributed by atoms with van der Waals surface area (Å²) >= 11 is 1.44. The summed E-state index contributed by atoms with van der Waals surface area (Å²) < 4.78 is 1.56. The maximum absolute atomic E-state index is 12.1. The van der Waals surface area contributed by atoms with Gasteiger partial charge in [-0.25, -0.2) is 4.52 Å². The average Bonchev–Trinajstić information content (AvgIpc) is 3.08. The second kappa shape index (κ2) is 4.74. The summed E-state index contributed by atoms with van der Waals surface area (Å²) in [4.78, 5) is 28.0. The summed E-state index contributed by atoms with van der Waals surface area (Å²) in [6.07, 6.45) is 6.14. The topological polar surface area (TPSA) is 64.3 Å². The van der Waals surface area contributed by atoms with Gasteiger partial charge in [-0.15, -0.1) is 0 Å². The van der Waals surface area contributed by atoms with E-state index >= 15 is 0 Å². The highest BCUT2D eigenvalue weighted by molar-refractivity contribution is 7.08. The van der Waals surface area contributed by atoms with Gasteiger partial charge in [0.1, 0.15) is 0 Å². The fourth-order valence-corrected chi connectivity index (χ4v) is 2.48. The third kappa shape index (κ3) is 2.17. The van der Waals surface area contributed by atoms with Crippen LogP contribution < -0.4 is 0 Å². The van der Waals surface area contributed by atoms with Crippen molar-refractivity contribution in [2.45, 2.75) is 6.42 Å². The minimum Gasteiger partial charge on any atom is -0.294 e. The minimum atomic E-state index is -0.237. The predicted molar refractivity (Wildman–Crippen MR) is 70.6 cm³/mol. The van der Waals surface area contributed by atoms with E-state index < -0.39 is 0 Å². The number of ketones is 2. The Labute approximate surface area is 112 Å². The quantitative estimate of drug-likeness (QED) is 0.539. The van der Waals surface area contributed by atoms with E-state index in [1.54, 1.807) is 34.6 Å². The van der Waals surface area contributed by atoms with E-state index in [1.807, 2.05) is 5.38 Å². The number of hydrogen-bond donors (Lipinski definition) is 0. The first-order valence-electron chi connectivity index (χ1n) is 5.61. The van der Waals surface area contributed by atoms with Gasteiger partial charge in [-0.3, -0.25) is 14.6 Å². The van der Waals surface area contributed by atoms with Crippen LogP contribution in [-0.4, -0.2) is 26.2 Å². The van der Waals surface area contributed by atoms with Crippen LogP contribution in [0.3, 0.4) is 0 Å². The number of Topliss-reactive ketones (excluding diaryl/α,β-unsaturated/α-hetero) is 2. The first-order valence-corrected chi connectivity index (χ1v) is 6.56. The van der Waals surface area contributed by atoms with E-state index in [4.69, 9.17) is 0 Å². The van der Waals surface area contributed by atoms with Gasteiger partial charge in [-0.05, 0) is 11.4 Å². The monoisotopic (exact) mass is 271 g/mol. The van der Waals surface area contributed by atoms with E-state index in [9.17, 15) is 9.59 Å². The largest absolute Gasteiger partial charge is 0.294 e. The summed E-state index contributed by atoms with van der Waals surface area (Å²) in [7, 11) is 0. The Hall–Kier alpha value is -2.34. The standard InChI is InChI=1S/C13H9N3O2S/c17-12(9-1-4-19-8-9)5-13(18)10-6-15-16-3-2-14-7-11(10)16/h1-4,6-8H,5H2. The maximum atomic E-state index is 12.1. The molecule has 0 unspecified atom stereocenters. The molecule has 0 amide bonds. The molecule has 3 aromatic heterocycles. The number of fused-ring (bicyclic) bond motifs is 1. The van der Waals surface area contributed by atoms with Gasteiger partial charge in [-0.1, -0.05) is 0 Å². The van der Waals surface area contributed by atoms with Crippen LogP contribution >= 0.6 is 11.3 Å². The lowest BCUT2D eigenvalue weighted by Crippen LogP contribution is -2.07. The van der Waals surface area contributed by atoms with Crippen molar-refractivity contribution in [3.8, 4) is 0 Å². The smallest absolute Gasteiger partial charge is 0.174 e. The van der Waals surface area contributed by atoms with E-state index in [0.717, 1.165) is 0 Å². The molecule has 5 nitrogen and oxygen atoms in total. The molecule has 3 aromatic rings. The zero-order valence-corrected chi connectivity index (χ0v) is 10.6. The lowest BCUT2D eigenvalue weighted by atomic mass is 10.1. The summed E-state index contributed by atoms with van der Waals surface area (Å²) in [5, 5.41) is 7.62. The van der Waals surface area contributed by atoms with Crippen molar-refractivity contribution < 1.29 is 9.59 Å². The van der Waals surface area contributed by atoms with Crippen LogP contribution in [0.1, 0.15) is 27.1 Å². The summed E-state index contributed by atoms with van der Waals surface area (Å²) in [6, 6.07) is 1.72. The van der Waals surface area contributed by atoms with Crippen LogP contribution in [0.5, 0.6) is 0 Å². The second-order valence-electron chi connectivity index (χ2n) is 4.00. The molecule has 0 aliphatic rings. The van der Waals surface area contributed by atoms with Crippen molar-refractivity contribution >= 4 is 28.4 Å². The Morgan fingerprint density at radius 1 is 1.26 bits per heavy atom. The van der Waals surface area contributed by atoms with E-state index in [2.05, 4.69) is 10.1 Å². The highest BCUT2D eigenvalue weighted by atomic mass is 32.1. The van der Waals surface area contributed by atoms with Gasteiger partial charge < -0.3 is 0 Å². The fourth-order valence-electron chi connectivity index (χ4n) is 1.82. The van der Waals surface area contributed by atoms with Gasteiger partial charge in [0, 0.05) is 23.3 Å². The normalized spacial score (nSPS) is 10.7. The van der Waals surface area contributed by atoms with Crippen molar-refractivity contribution in [2.75, 3.05) is 0 Å². The molecule has 0 aliphatic carbocycles. The molecule has 0 saturated carbocycles. The molecule has 0 fully saturated rings. The molecule has 94 valence electrons. The molecular weight excluding hydrogens is 262 g/mol. The van der Waals surface area contributed by atoms with Crippen molar-refractivity contribution in [1.82, 2.24) is 14.6 Å². The zero-order valence-electron chi connectivity index (χ0n) is 9.81. The lowest BCUT2D eigenvalue weighted by Gasteiger charge is -1.97. The van der Waals surface area contributed by atoms with Gasteiger partial charge in [-0.2, -0.15) is 16.4 Å². The molecule has 0 aromatic carbocycles. The summed E-state index contributed by atoms with van der Waals surface area (Å²) in [5.41, 5.74) is 1.62. The van der Waals surface area contributed by atoms with Crippen molar-refractivity contribution in [3.05, 3.63) is 52.7 Å². The molecule has 0 saturated heterocycles. The summed E-state index contributed by atoms with van der Waals surface area (Å²) in [6.45, 7) is 0. The Bertz CT molecular complexity index is 746. The number of hydrogen-bond acceptors (Lipinski definition) is 5. The molecular formula is C13H9N3O2S. The molecule has 19 heavy (non-hydrogen) atoms. The van der Waals surface area contributed by atoms with Gasteiger partial charge >= 0.3 is 0 Å². The number of carbonyl (C=O) groups is 2. The van der Waals surface area contributed by atoms with Gasteiger partial charge in [0.05, 0.1) is 29.9 Å². The van der Waals surface area contributed by atoms with E-state index in [-0.39, 0.29) is 18.0 Å². The third-order valence-electron chi connectivity index (χ3n) is 2.79. The van der Waals surface area contributed by atoms with Crippen LogP contribution in [0.4, 0.5) is 0 Å². The van der Waals surface area contributed by atoms with Crippen molar-refractivity contribution in [2.24, 2.45) is 0 Å². The van der Waals surface area contributed by atoms with Gasteiger partial charge in [0.15, 0.2) is 11.6 Å². The molecule has 0 aliphatic heterocycles. The maximum Gasteiger partial charge on any atom is 0.174 e. The molecule has 6 heteroatoms. The first kappa shape index (κ1) is 11.7. The third-order valence-corrected chi connectivity index (χ3v) is 3.47. The van der Waals surface area contributed by atoms with Gasteiger partial charge in [0.25, 0.3) is 0 Å². The van der Waals surface area contributed by atoms with Crippen molar-refractivity contribution in [3.63, 3.8) is 0 Å². The van der Waals surface area contributed by atoms with Crippen LogP contribution in [0.15, 0.2) is 41.6 Å². The number of carbonyl (C=O) groups excluding carboxylic acids is 2. The highest BCUT2D eigenvalue weighted by Crippen LogP contribution is 2.14. The Balaban J connectivity index is 1.86. The number of aromatic nitrogens is 3. The second-order valence-corrected chi connectivity index (χ2v) is 4.78. The molecule has 0 atom stereocenters. The molecule has 3 heterocycles. The Morgan fingerprint density at radius 2 is 2.16 bits per heavy atom. The van der Waals surface area contributed by atoms with Crippen LogP contribution in [-0.2, 0) is 0 Å². The Morgan fingerprint density at radius 3 is 2.95 bits per heavy atom. The van der Waals surface area contributed by atoms with Crippen molar-refractivity contribution in [1.29, 1.82) is 0 Å². The number of nitrogens with zero attached hydrogens (tertiary/aromatic N) is 3. The average molecular weight is 271 g/mol. The molecule has 0 radical (unpaired) electrons. The highest BCUT2D eigenvalue weighted by Gasteiger charge is 2.17. The van der Waals surface area contributed by atoms with Gasteiger partial charge in [0.2, 0.25) is 0 Å². The van der Waals surface area contributed by atoms with Crippen LogP contribution in [0, 0.1) is 0 Å². The number of thiophene rings is 1. The Kier molecular flexibility index (Phi) is 2.92. The van der Waals surface area contributed by atoms with E-state index in [0.29, 0.717) is 16.6 Å². The molecule has 0 N–H and O–H groups in total. The summed E-state index contributed by atoms with van der Waals surface area (Å²) in [5.74, 6) is -0.409. The minimum absolute atomic E-state index is 0.146. The fraction of sp³-hybridized carbons (Fsp3) is 0.0769. The SMILES string of the molecule is O=C(CC(=O)c1cnn2ccncc12)c1ccsc1. The molecule has 0 spiro atoms. The van der Waals surface area contributed by atoms with Crippen LogP contribution in [0.2, 0.25) is 0 Å². The molecule has 3 rings (SSSR count). The first-order chi connectivity index (χ1) is 9.25. The van der Waals surface area contributed by atoms with Crippen LogP contribution in [0.25, 0.3) is 5.52 Å². The predicted octanol–water partition coefficient (Wildman–Crippen LogP) is 2.25. The zero-order chi connectivity index (χ0) is 13.2. The lowest BCUT2D eigenvalue weighted by molar-refractivity contribution is 0.0895. The number of rotatable bonds is 4.